The number of nitrogens with zero attached hydrogens (tertiary/aromatic N) is 6. The fourth-order valence-electron chi connectivity index (χ4n) is 2.90. The molecule has 4 rings (SSSR count). The Bertz CT molecular complexity index is 791. The van der Waals surface area contributed by atoms with Crippen molar-refractivity contribution in [2.45, 2.75) is 12.6 Å². The largest absolute Gasteiger partial charge is 0.374 e. The van der Waals surface area contributed by atoms with E-state index in [2.05, 4.69) is 55.0 Å². The molecule has 0 radical (unpaired) electrons. The Hall–Kier alpha value is -2.58. The smallest absolute Gasteiger partial charge is 0.199 e. The van der Waals surface area contributed by atoms with Gasteiger partial charge in [-0.15, -0.1) is 5.10 Å². The summed E-state index contributed by atoms with van der Waals surface area (Å²) in [5, 5.41) is 14.8. The minimum Gasteiger partial charge on any atom is -0.374 e. The van der Waals surface area contributed by atoms with E-state index in [1.54, 1.807) is 16.9 Å². The molecule has 0 aliphatic carbocycles. The highest BCUT2D eigenvalue weighted by Crippen LogP contribution is 2.12. The van der Waals surface area contributed by atoms with E-state index in [1.807, 2.05) is 6.07 Å². The number of anilines is 1. The Morgan fingerprint density at radius 2 is 2.12 bits per heavy atom. The van der Waals surface area contributed by atoms with E-state index in [4.69, 9.17) is 4.74 Å². The third-order valence-corrected chi connectivity index (χ3v) is 4.09. The molecule has 1 aliphatic rings. The van der Waals surface area contributed by atoms with Crippen LogP contribution in [0.1, 0.15) is 5.56 Å². The van der Waals surface area contributed by atoms with Crippen molar-refractivity contribution in [3.05, 3.63) is 48.3 Å². The first-order valence-electron chi connectivity index (χ1n) is 8.02. The molecule has 1 fully saturated rings. The second-order valence-corrected chi connectivity index (χ2v) is 5.84. The number of hydrogen-bond donors (Lipinski definition) is 1. The van der Waals surface area contributed by atoms with E-state index in [0.717, 1.165) is 32.1 Å². The minimum atomic E-state index is 0.120. The zero-order valence-corrected chi connectivity index (χ0v) is 13.2. The zero-order chi connectivity index (χ0) is 16.2. The topological polar surface area (TPSA) is 80.5 Å². The van der Waals surface area contributed by atoms with Crippen LogP contribution in [0.25, 0.3) is 5.65 Å². The summed E-state index contributed by atoms with van der Waals surface area (Å²) in [6.45, 7) is 4.22. The Labute approximate surface area is 139 Å². The maximum atomic E-state index is 5.88. The second kappa shape index (κ2) is 6.90. The average Bonchev–Trinajstić information content (AvgIpc) is 3.10. The molecular formula is C16H19N7O. The number of morpholine rings is 1. The summed E-state index contributed by atoms with van der Waals surface area (Å²) in [5.74, 6) is 0.765. The first-order valence-corrected chi connectivity index (χ1v) is 8.02. The van der Waals surface area contributed by atoms with Crippen molar-refractivity contribution >= 4 is 11.5 Å². The molecule has 0 amide bonds. The summed E-state index contributed by atoms with van der Waals surface area (Å²) in [5.41, 5.74) is 1.95. The minimum absolute atomic E-state index is 0.120. The van der Waals surface area contributed by atoms with Crippen LogP contribution in [0.2, 0.25) is 0 Å². The molecule has 1 aromatic carbocycles. The normalized spacial score (nSPS) is 18.8. The molecule has 2 aromatic heterocycles. The summed E-state index contributed by atoms with van der Waals surface area (Å²) in [4.78, 5) is 6.56. The van der Waals surface area contributed by atoms with Crippen LogP contribution in [-0.2, 0) is 11.3 Å². The van der Waals surface area contributed by atoms with Crippen LogP contribution in [0.4, 0.5) is 5.82 Å². The van der Waals surface area contributed by atoms with Crippen LogP contribution < -0.4 is 5.32 Å². The fraction of sp³-hybridized carbons (Fsp3) is 0.375. The molecule has 0 bridgehead atoms. The number of aromatic nitrogens is 5. The van der Waals surface area contributed by atoms with Gasteiger partial charge in [-0.3, -0.25) is 9.88 Å². The predicted octanol–water partition coefficient (Wildman–Crippen LogP) is 0.832. The van der Waals surface area contributed by atoms with Crippen molar-refractivity contribution in [2.75, 3.05) is 31.6 Å². The molecular weight excluding hydrogens is 306 g/mol. The summed E-state index contributed by atoms with van der Waals surface area (Å²) in [6.07, 6.45) is 3.46. The molecule has 1 atom stereocenters. The fourth-order valence-corrected chi connectivity index (χ4v) is 2.90. The van der Waals surface area contributed by atoms with Gasteiger partial charge in [-0.25, -0.2) is 0 Å². The van der Waals surface area contributed by atoms with E-state index in [1.165, 1.54) is 5.56 Å². The molecule has 3 heterocycles. The summed E-state index contributed by atoms with van der Waals surface area (Å²) in [7, 11) is 0. The van der Waals surface area contributed by atoms with E-state index in [0.29, 0.717) is 12.2 Å². The van der Waals surface area contributed by atoms with E-state index in [-0.39, 0.29) is 6.10 Å². The number of hydrogen-bond acceptors (Lipinski definition) is 7. The number of tetrazole rings is 1. The highest BCUT2D eigenvalue weighted by atomic mass is 16.5. The lowest BCUT2D eigenvalue weighted by Gasteiger charge is -2.33. The van der Waals surface area contributed by atoms with Crippen molar-refractivity contribution in [3.8, 4) is 0 Å². The third kappa shape index (κ3) is 3.34. The van der Waals surface area contributed by atoms with Crippen molar-refractivity contribution < 1.29 is 4.74 Å². The highest BCUT2D eigenvalue weighted by molar-refractivity contribution is 5.43. The van der Waals surface area contributed by atoms with Crippen molar-refractivity contribution in [3.63, 3.8) is 0 Å². The van der Waals surface area contributed by atoms with Crippen LogP contribution in [-0.4, -0.2) is 62.3 Å². The van der Waals surface area contributed by atoms with Crippen molar-refractivity contribution in [1.82, 2.24) is 29.9 Å². The SMILES string of the molecule is c1ccc(CN2CCOC(CNc3cncc4nnnn34)C2)cc1. The molecule has 1 saturated heterocycles. The molecule has 0 saturated carbocycles. The first-order chi connectivity index (χ1) is 11.9. The van der Waals surface area contributed by atoms with Crippen LogP contribution in [0.3, 0.4) is 0 Å². The molecule has 3 aromatic rings. The number of nitrogens with one attached hydrogen (secondary N) is 1. The van der Waals surface area contributed by atoms with Crippen LogP contribution >= 0.6 is 0 Å². The van der Waals surface area contributed by atoms with Gasteiger partial charge in [0.1, 0.15) is 0 Å². The summed E-state index contributed by atoms with van der Waals surface area (Å²) >= 11 is 0. The number of rotatable bonds is 5. The lowest BCUT2D eigenvalue weighted by Crippen LogP contribution is -2.44. The van der Waals surface area contributed by atoms with E-state index >= 15 is 0 Å². The van der Waals surface area contributed by atoms with Crippen molar-refractivity contribution in [1.29, 1.82) is 0 Å². The quantitative estimate of drug-likeness (QED) is 0.744. The van der Waals surface area contributed by atoms with E-state index in [9.17, 15) is 0 Å². The molecule has 124 valence electrons. The zero-order valence-electron chi connectivity index (χ0n) is 13.2. The molecule has 24 heavy (non-hydrogen) atoms. The number of fused-ring (bicyclic) bond motifs is 1. The molecule has 8 heteroatoms. The maximum Gasteiger partial charge on any atom is 0.199 e. The maximum absolute atomic E-state index is 5.88. The van der Waals surface area contributed by atoms with Crippen molar-refractivity contribution in [2.24, 2.45) is 0 Å². The Balaban J connectivity index is 1.36. The summed E-state index contributed by atoms with van der Waals surface area (Å²) in [6, 6.07) is 10.5. The second-order valence-electron chi connectivity index (χ2n) is 5.84. The number of ether oxygens (including phenoxy) is 1. The Morgan fingerprint density at radius 1 is 1.21 bits per heavy atom. The van der Waals surface area contributed by atoms with Gasteiger partial charge in [0.25, 0.3) is 0 Å². The van der Waals surface area contributed by atoms with Crippen LogP contribution in [0.15, 0.2) is 42.7 Å². The lowest BCUT2D eigenvalue weighted by molar-refractivity contribution is -0.0240. The van der Waals surface area contributed by atoms with Gasteiger partial charge in [0.15, 0.2) is 11.5 Å². The molecule has 8 nitrogen and oxygen atoms in total. The van der Waals surface area contributed by atoms with Crippen LogP contribution in [0.5, 0.6) is 0 Å². The van der Waals surface area contributed by atoms with Crippen LogP contribution in [0, 0.1) is 0 Å². The van der Waals surface area contributed by atoms with E-state index < -0.39 is 0 Å². The standard InChI is InChI=1S/C16H19N7O/c1-2-4-13(5-3-1)11-22-6-7-24-14(12-22)8-18-15-9-17-10-16-19-20-21-23(15)16/h1-5,9-10,14,18H,6-8,11-12H2. The van der Waals surface area contributed by atoms with Gasteiger partial charge >= 0.3 is 0 Å². The molecule has 0 spiro atoms. The highest BCUT2D eigenvalue weighted by Gasteiger charge is 2.20. The lowest BCUT2D eigenvalue weighted by atomic mass is 10.2. The number of benzene rings is 1. The van der Waals surface area contributed by atoms with Gasteiger partial charge in [0.2, 0.25) is 0 Å². The van der Waals surface area contributed by atoms with Gasteiger partial charge in [-0.1, -0.05) is 30.3 Å². The van der Waals surface area contributed by atoms with Gasteiger partial charge in [-0.2, -0.15) is 4.52 Å². The summed E-state index contributed by atoms with van der Waals surface area (Å²) < 4.78 is 7.51. The van der Waals surface area contributed by atoms with Gasteiger partial charge < -0.3 is 10.1 Å². The van der Waals surface area contributed by atoms with Gasteiger partial charge in [0.05, 0.1) is 25.1 Å². The predicted molar refractivity (Wildman–Crippen MR) is 88.5 cm³/mol. The monoisotopic (exact) mass is 325 g/mol. The Morgan fingerprint density at radius 3 is 3.04 bits per heavy atom. The first kappa shape index (κ1) is 15.0. The van der Waals surface area contributed by atoms with Gasteiger partial charge in [0, 0.05) is 26.2 Å². The Kier molecular flexibility index (Phi) is 4.30. The molecule has 1 N–H and O–H groups in total. The molecule has 1 aliphatic heterocycles. The molecule has 1 unspecified atom stereocenters. The average molecular weight is 325 g/mol. The third-order valence-electron chi connectivity index (χ3n) is 4.09. The van der Waals surface area contributed by atoms with Gasteiger partial charge in [-0.05, 0) is 16.0 Å².